The molecule has 1 atom stereocenters. The second-order valence-corrected chi connectivity index (χ2v) is 7.71. The lowest BCUT2D eigenvalue weighted by Crippen LogP contribution is -2.30. The molecule has 0 N–H and O–H groups in total. The molecule has 2 aliphatic rings. The third-order valence-corrected chi connectivity index (χ3v) is 5.52. The number of aromatic nitrogens is 3. The summed E-state index contributed by atoms with van der Waals surface area (Å²) in [5.41, 5.74) is 0.866. The topological polar surface area (TPSA) is 64.3 Å². The lowest BCUT2D eigenvalue weighted by atomic mass is 9.98. The Balaban J connectivity index is 1.44. The van der Waals surface area contributed by atoms with Crippen LogP contribution in [0.1, 0.15) is 70.7 Å². The first-order valence-electron chi connectivity index (χ1n) is 9.93. The number of ether oxygens (including phenoxy) is 1. The molecular formula is C20H28N4O2. The van der Waals surface area contributed by atoms with Crippen molar-refractivity contribution >= 4 is 0 Å². The number of rotatable bonds is 5. The van der Waals surface area contributed by atoms with Crippen molar-refractivity contribution in [3.63, 3.8) is 0 Å². The quantitative estimate of drug-likeness (QED) is 0.792. The van der Waals surface area contributed by atoms with Crippen LogP contribution in [0.15, 0.2) is 22.9 Å². The average molecular weight is 356 g/mol. The predicted octanol–water partition coefficient (Wildman–Crippen LogP) is 4.39. The summed E-state index contributed by atoms with van der Waals surface area (Å²) in [4.78, 5) is 11.5. The van der Waals surface area contributed by atoms with E-state index in [1.165, 1.54) is 25.7 Å². The van der Waals surface area contributed by atoms with Gasteiger partial charge in [0.15, 0.2) is 0 Å². The molecular weight excluding hydrogens is 328 g/mol. The minimum Gasteiger partial charge on any atom is -0.474 e. The van der Waals surface area contributed by atoms with E-state index >= 15 is 0 Å². The second kappa shape index (κ2) is 7.74. The first kappa shape index (κ1) is 17.5. The summed E-state index contributed by atoms with van der Waals surface area (Å²) >= 11 is 0. The van der Waals surface area contributed by atoms with Crippen LogP contribution in [0.25, 0.3) is 11.4 Å². The van der Waals surface area contributed by atoms with Crippen LogP contribution in [-0.2, 0) is 0 Å². The van der Waals surface area contributed by atoms with Gasteiger partial charge < -0.3 is 9.26 Å². The van der Waals surface area contributed by atoms with Gasteiger partial charge in [-0.05, 0) is 65.0 Å². The van der Waals surface area contributed by atoms with Crippen molar-refractivity contribution in [2.24, 2.45) is 0 Å². The number of hydrogen-bond donors (Lipinski definition) is 0. The van der Waals surface area contributed by atoms with E-state index in [-0.39, 0.29) is 6.04 Å². The highest BCUT2D eigenvalue weighted by Gasteiger charge is 2.32. The zero-order valence-electron chi connectivity index (χ0n) is 15.7. The Morgan fingerprint density at radius 1 is 1.12 bits per heavy atom. The van der Waals surface area contributed by atoms with E-state index in [9.17, 15) is 0 Å². The summed E-state index contributed by atoms with van der Waals surface area (Å²) in [6, 6.07) is 4.60. The predicted molar refractivity (Wildman–Crippen MR) is 98.8 cm³/mol. The van der Waals surface area contributed by atoms with Gasteiger partial charge in [0.2, 0.25) is 17.6 Å². The Morgan fingerprint density at radius 2 is 1.96 bits per heavy atom. The highest BCUT2D eigenvalue weighted by molar-refractivity contribution is 5.53. The normalized spacial score (nSPS) is 22.2. The first-order chi connectivity index (χ1) is 12.7. The molecule has 140 valence electrons. The molecule has 2 aromatic rings. The summed E-state index contributed by atoms with van der Waals surface area (Å²) in [5.74, 6) is 2.01. The molecule has 3 heterocycles. The zero-order valence-corrected chi connectivity index (χ0v) is 15.7. The van der Waals surface area contributed by atoms with E-state index in [0.717, 1.165) is 31.4 Å². The fourth-order valence-electron chi connectivity index (χ4n) is 4.10. The Hall–Kier alpha value is -1.95. The van der Waals surface area contributed by atoms with Gasteiger partial charge in [-0.15, -0.1) is 0 Å². The zero-order chi connectivity index (χ0) is 17.9. The molecule has 0 spiro atoms. The number of hydrogen-bond acceptors (Lipinski definition) is 6. The van der Waals surface area contributed by atoms with Crippen LogP contribution >= 0.6 is 0 Å². The standard InChI is InChI=1S/C20H28N4O2/c1-14(2)24-12-6-9-17(24)20-22-19(23-26-20)15-10-11-18(21-13-15)25-16-7-4-3-5-8-16/h10-11,13-14,16-17H,3-9,12H2,1-2H3. The third-order valence-electron chi connectivity index (χ3n) is 5.52. The van der Waals surface area contributed by atoms with Gasteiger partial charge >= 0.3 is 0 Å². The van der Waals surface area contributed by atoms with Crippen molar-refractivity contribution in [2.45, 2.75) is 77.0 Å². The van der Waals surface area contributed by atoms with E-state index in [1.54, 1.807) is 6.20 Å². The van der Waals surface area contributed by atoms with E-state index in [0.29, 0.717) is 29.7 Å². The molecule has 1 aliphatic carbocycles. The fourth-order valence-corrected chi connectivity index (χ4v) is 4.10. The molecule has 6 nitrogen and oxygen atoms in total. The summed E-state index contributed by atoms with van der Waals surface area (Å²) in [7, 11) is 0. The van der Waals surface area contributed by atoms with Crippen LogP contribution in [0, 0.1) is 0 Å². The molecule has 2 fully saturated rings. The Kier molecular flexibility index (Phi) is 5.20. The minimum atomic E-state index is 0.234. The fraction of sp³-hybridized carbons (Fsp3) is 0.650. The summed E-state index contributed by atoms with van der Waals surface area (Å²) < 4.78 is 11.6. The van der Waals surface area contributed by atoms with Gasteiger partial charge in [-0.3, -0.25) is 4.90 Å². The van der Waals surface area contributed by atoms with Gasteiger partial charge in [-0.25, -0.2) is 4.98 Å². The van der Waals surface area contributed by atoms with Gasteiger partial charge in [0.1, 0.15) is 6.10 Å². The van der Waals surface area contributed by atoms with Crippen molar-refractivity contribution in [1.82, 2.24) is 20.0 Å². The Morgan fingerprint density at radius 3 is 2.69 bits per heavy atom. The van der Waals surface area contributed by atoms with Crippen molar-refractivity contribution < 1.29 is 9.26 Å². The lowest BCUT2D eigenvalue weighted by Gasteiger charge is -2.25. The van der Waals surface area contributed by atoms with Gasteiger partial charge in [0.05, 0.1) is 6.04 Å². The number of nitrogens with zero attached hydrogens (tertiary/aromatic N) is 4. The van der Waals surface area contributed by atoms with Crippen molar-refractivity contribution in [2.75, 3.05) is 6.54 Å². The van der Waals surface area contributed by atoms with E-state index < -0.39 is 0 Å². The van der Waals surface area contributed by atoms with Crippen molar-refractivity contribution in [1.29, 1.82) is 0 Å². The maximum atomic E-state index is 5.99. The van der Waals surface area contributed by atoms with E-state index in [2.05, 4.69) is 33.9 Å². The summed E-state index contributed by atoms with van der Waals surface area (Å²) in [6.45, 7) is 5.52. The molecule has 0 aromatic carbocycles. The highest BCUT2D eigenvalue weighted by Crippen LogP contribution is 2.33. The Labute approximate surface area is 154 Å². The molecule has 1 saturated heterocycles. The van der Waals surface area contributed by atoms with Crippen LogP contribution in [-0.4, -0.2) is 38.7 Å². The number of pyridine rings is 1. The molecule has 1 saturated carbocycles. The molecule has 6 heteroatoms. The minimum absolute atomic E-state index is 0.234. The van der Waals surface area contributed by atoms with Crippen LogP contribution in [0.4, 0.5) is 0 Å². The molecule has 1 unspecified atom stereocenters. The van der Waals surface area contributed by atoms with Crippen LogP contribution < -0.4 is 4.74 Å². The maximum Gasteiger partial charge on any atom is 0.244 e. The molecule has 0 amide bonds. The number of likely N-dealkylation sites (tertiary alicyclic amines) is 1. The first-order valence-corrected chi connectivity index (χ1v) is 9.93. The molecule has 4 rings (SSSR count). The monoisotopic (exact) mass is 356 g/mol. The van der Waals surface area contributed by atoms with Gasteiger partial charge in [0, 0.05) is 23.9 Å². The lowest BCUT2D eigenvalue weighted by molar-refractivity contribution is 0.148. The second-order valence-electron chi connectivity index (χ2n) is 7.71. The van der Waals surface area contributed by atoms with E-state index in [1.807, 2.05) is 12.1 Å². The smallest absolute Gasteiger partial charge is 0.244 e. The van der Waals surface area contributed by atoms with Gasteiger partial charge in [0.25, 0.3) is 0 Å². The van der Waals surface area contributed by atoms with Crippen LogP contribution in [0.5, 0.6) is 5.88 Å². The van der Waals surface area contributed by atoms with Gasteiger partial charge in [-0.2, -0.15) is 4.98 Å². The highest BCUT2D eigenvalue weighted by atomic mass is 16.5. The third kappa shape index (κ3) is 3.75. The van der Waals surface area contributed by atoms with Crippen LogP contribution in [0.3, 0.4) is 0 Å². The van der Waals surface area contributed by atoms with E-state index in [4.69, 9.17) is 9.26 Å². The van der Waals surface area contributed by atoms with Gasteiger partial charge in [-0.1, -0.05) is 11.6 Å². The molecule has 26 heavy (non-hydrogen) atoms. The van der Waals surface area contributed by atoms with Crippen molar-refractivity contribution in [3.05, 3.63) is 24.2 Å². The largest absolute Gasteiger partial charge is 0.474 e. The molecule has 2 aromatic heterocycles. The molecule has 1 aliphatic heterocycles. The molecule has 0 bridgehead atoms. The Bertz CT molecular complexity index is 707. The average Bonchev–Trinajstić information content (AvgIpc) is 3.32. The van der Waals surface area contributed by atoms with Crippen molar-refractivity contribution in [3.8, 4) is 17.3 Å². The SMILES string of the molecule is CC(C)N1CCCC1c1nc(-c2ccc(OC3CCCCC3)nc2)no1. The molecule has 0 radical (unpaired) electrons. The maximum absolute atomic E-state index is 5.99. The van der Waals surface area contributed by atoms with Crippen LogP contribution in [0.2, 0.25) is 0 Å². The summed E-state index contributed by atoms with van der Waals surface area (Å²) in [5, 5.41) is 4.18. The summed E-state index contributed by atoms with van der Waals surface area (Å²) in [6.07, 6.45) is 10.4.